The minimum Gasteiger partial charge on any atom is -0.462 e. The van der Waals surface area contributed by atoms with E-state index in [-0.39, 0.29) is 31.1 Å². The summed E-state index contributed by atoms with van der Waals surface area (Å²) in [5, 5.41) is 0. The van der Waals surface area contributed by atoms with Crippen LogP contribution in [0, 0.1) is 0 Å². The predicted molar refractivity (Wildman–Crippen MR) is 303 cm³/mol. The average Bonchev–Trinajstić information content (AvgIpc) is 3.36. The molecule has 0 saturated carbocycles. The molecule has 0 aromatic heterocycles. The Morgan fingerprint density at radius 2 is 0.514 bits per heavy atom. The highest BCUT2D eigenvalue weighted by molar-refractivity contribution is 5.71. The van der Waals surface area contributed by atoms with Gasteiger partial charge in [-0.25, -0.2) is 0 Å². The van der Waals surface area contributed by atoms with Crippen molar-refractivity contribution in [2.45, 2.75) is 354 Å². The Kier molecular flexibility index (Phi) is 57.7. The monoisotopic (exact) mass is 985 g/mol. The van der Waals surface area contributed by atoms with Gasteiger partial charge < -0.3 is 14.2 Å². The molecular weight excluding hydrogens is 865 g/mol. The molecule has 0 radical (unpaired) electrons. The molecule has 0 bridgehead atoms. The van der Waals surface area contributed by atoms with Crippen LogP contribution in [0.5, 0.6) is 0 Å². The molecule has 70 heavy (non-hydrogen) atoms. The molecule has 0 N–H and O–H groups in total. The van der Waals surface area contributed by atoms with E-state index in [2.05, 4.69) is 45.1 Å². The largest absolute Gasteiger partial charge is 0.462 e. The third kappa shape index (κ3) is 56.8. The number of rotatable bonds is 58. The summed E-state index contributed by atoms with van der Waals surface area (Å²) < 4.78 is 16.9. The summed E-state index contributed by atoms with van der Waals surface area (Å²) >= 11 is 0. The molecule has 0 aromatic carbocycles. The molecule has 0 amide bonds. The smallest absolute Gasteiger partial charge is 0.306 e. The highest BCUT2D eigenvalue weighted by Gasteiger charge is 2.19. The van der Waals surface area contributed by atoms with Gasteiger partial charge in [-0.05, 0) is 51.4 Å². The number of esters is 3. The quantitative estimate of drug-likeness (QED) is 0.0261. The molecule has 0 rings (SSSR count). The van der Waals surface area contributed by atoms with Crippen LogP contribution in [0.25, 0.3) is 0 Å². The van der Waals surface area contributed by atoms with Crippen molar-refractivity contribution in [2.24, 2.45) is 0 Å². The van der Waals surface area contributed by atoms with Crippen LogP contribution in [0.4, 0.5) is 0 Å². The second-order valence-corrected chi connectivity index (χ2v) is 21.3. The van der Waals surface area contributed by atoms with Gasteiger partial charge in [0, 0.05) is 19.3 Å². The summed E-state index contributed by atoms with van der Waals surface area (Å²) in [7, 11) is 0. The summed E-state index contributed by atoms with van der Waals surface area (Å²) in [5.41, 5.74) is 0. The third-order valence-electron chi connectivity index (χ3n) is 14.2. The van der Waals surface area contributed by atoms with E-state index < -0.39 is 6.10 Å². The van der Waals surface area contributed by atoms with Crippen molar-refractivity contribution in [1.82, 2.24) is 0 Å². The molecule has 1 unspecified atom stereocenters. The molecule has 6 nitrogen and oxygen atoms in total. The standard InChI is InChI=1S/C64H120O6/c1-4-7-10-13-16-19-22-25-27-28-29-30-31-32-33-34-35-36-37-40-42-45-48-51-54-57-63(66)69-60-61(59-68-62(65)56-53-50-47-44-41-38-24-21-18-15-12-9-6-3)70-64(67)58-55-52-49-46-43-39-26-23-20-17-14-11-8-5-2/h22,25,28-29,61H,4-21,23-24,26-27,30-60H2,1-3H3/b25-22-,29-28-. The van der Waals surface area contributed by atoms with E-state index in [0.717, 1.165) is 64.2 Å². The van der Waals surface area contributed by atoms with Gasteiger partial charge in [0.25, 0.3) is 0 Å². The van der Waals surface area contributed by atoms with Crippen LogP contribution in [0.1, 0.15) is 348 Å². The van der Waals surface area contributed by atoms with Crippen molar-refractivity contribution in [1.29, 1.82) is 0 Å². The lowest BCUT2D eigenvalue weighted by atomic mass is 10.0. The number of hydrogen-bond donors (Lipinski definition) is 0. The zero-order chi connectivity index (χ0) is 50.7. The van der Waals surface area contributed by atoms with E-state index in [9.17, 15) is 14.4 Å². The fraction of sp³-hybridized carbons (Fsp3) is 0.891. The van der Waals surface area contributed by atoms with Gasteiger partial charge in [-0.3, -0.25) is 14.4 Å². The molecule has 0 aliphatic carbocycles. The number of carbonyl (C=O) groups is 3. The van der Waals surface area contributed by atoms with E-state index >= 15 is 0 Å². The first-order chi connectivity index (χ1) is 34.5. The number of unbranched alkanes of at least 4 members (excludes halogenated alkanes) is 43. The summed E-state index contributed by atoms with van der Waals surface area (Å²) in [6, 6.07) is 0. The number of carbonyl (C=O) groups excluding carboxylic acids is 3. The summed E-state index contributed by atoms with van der Waals surface area (Å²) in [6.45, 7) is 6.69. The Bertz CT molecular complexity index is 1130. The van der Waals surface area contributed by atoms with Crippen molar-refractivity contribution in [3.8, 4) is 0 Å². The average molecular weight is 986 g/mol. The second-order valence-electron chi connectivity index (χ2n) is 21.3. The normalized spacial score (nSPS) is 12.1. The summed E-state index contributed by atoms with van der Waals surface area (Å²) in [5.74, 6) is -0.840. The van der Waals surface area contributed by atoms with E-state index in [1.807, 2.05) is 0 Å². The lowest BCUT2D eigenvalue weighted by Crippen LogP contribution is -2.30. The zero-order valence-corrected chi connectivity index (χ0v) is 47.3. The maximum absolute atomic E-state index is 12.9. The molecule has 0 spiro atoms. The molecule has 412 valence electrons. The van der Waals surface area contributed by atoms with E-state index in [0.29, 0.717) is 19.3 Å². The van der Waals surface area contributed by atoms with Crippen molar-refractivity contribution < 1.29 is 28.6 Å². The van der Waals surface area contributed by atoms with Gasteiger partial charge in [0.1, 0.15) is 13.2 Å². The lowest BCUT2D eigenvalue weighted by Gasteiger charge is -2.18. The fourth-order valence-corrected chi connectivity index (χ4v) is 9.48. The Morgan fingerprint density at radius 3 is 0.786 bits per heavy atom. The van der Waals surface area contributed by atoms with Crippen LogP contribution in [0.3, 0.4) is 0 Å². The van der Waals surface area contributed by atoms with Crippen molar-refractivity contribution >= 4 is 17.9 Å². The Balaban J connectivity index is 4.21. The van der Waals surface area contributed by atoms with Gasteiger partial charge in [-0.2, -0.15) is 0 Å². The highest BCUT2D eigenvalue weighted by Crippen LogP contribution is 2.17. The third-order valence-corrected chi connectivity index (χ3v) is 14.2. The van der Waals surface area contributed by atoms with E-state index in [1.165, 1.54) is 244 Å². The van der Waals surface area contributed by atoms with Gasteiger partial charge in [0.15, 0.2) is 6.10 Å². The molecule has 1 atom stereocenters. The lowest BCUT2D eigenvalue weighted by molar-refractivity contribution is -0.167. The predicted octanol–water partition coefficient (Wildman–Crippen LogP) is 21.1. The number of allylic oxidation sites excluding steroid dienone is 4. The maximum atomic E-state index is 12.9. The topological polar surface area (TPSA) is 78.9 Å². The molecular formula is C64H120O6. The number of hydrogen-bond acceptors (Lipinski definition) is 6. The van der Waals surface area contributed by atoms with E-state index in [1.54, 1.807) is 0 Å². The Hall–Kier alpha value is -2.11. The molecule has 0 aliphatic heterocycles. The van der Waals surface area contributed by atoms with Crippen LogP contribution >= 0.6 is 0 Å². The zero-order valence-electron chi connectivity index (χ0n) is 47.3. The molecule has 0 fully saturated rings. The van der Waals surface area contributed by atoms with Gasteiger partial charge >= 0.3 is 17.9 Å². The van der Waals surface area contributed by atoms with Gasteiger partial charge in [-0.15, -0.1) is 0 Å². The minimum atomic E-state index is -0.766. The van der Waals surface area contributed by atoms with Crippen LogP contribution in [-0.2, 0) is 28.6 Å². The van der Waals surface area contributed by atoms with E-state index in [4.69, 9.17) is 14.2 Å². The van der Waals surface area contributed by atoms with Crippen molar-refractivity contribution in [3.05, 3.63) is 24.3 Å². The number of ether oxygens (including phenoxy) is 3. The van der Waals surface area contributed by atoms with Crippen molar-refractivity contribution in [2.75, 3.05) is 13.2 Å². The van der Waals surface area contributed by atoms with Gasteiger partial charge in [0.05, 0.1) is 0 Å². The van der Waals surface area contributed by atoms with Crippen molar-refractivity contribution in [3.63, 3.8) is 0 Å². The Labute approximate surface area is 436 Å². The molecule has 0 aliphatic rings. The molecule has 6 heteroatoms. The minimum absolute atomic E-state index is 0.0648. The first kappa shape index (κ1) is 67.9. The molecule has 0 saturated heterocycles. The van der Waals surface area contributed by atoms with Crippen LogP contribution < -0.4 is 0 Å². The maximum Gasteiger partial charge on any atom is 0.306 e. The first-order valence-electron chi connectivity index (χ1n) is 31.3. The fourth-order valence-electron chi connectivity index (χ4n) is 9.48. The van der Waals surface area contributed by atoms with Gasteiger partial charge in [0.2, 0.25) is 0 Å². The SMILES string of the molecule is CCCCCCC/C=C\C/C=C\CCCCCCCCCCCCCCCC(=O)OCC(COC(=O)CCCCCCCCCCCCCCC)OC(=O)CCCCCCCCCCCCCCCC. The molecule has 0 aromatic rings. The highest BCUT2D eigenvalue weighted by atomic mass is 16.6. The van der Waals surface area contributed by atoms with Crippen LogP contribution in [0.15, 0.2) is 24.3 Å². The second kappa shape index (κ2) is 59.5. The van der Waals surface area contributed by atoms with Crippen LogP contribution in [-0.4, -0.2) is 37.2 Å². The molecule has 0 heterocycles. The van der Waals surface area contributed by atoms with Crippen LogP contribution in [0.2, 0.25) is 0 Å². The Morgan fingerprint density at radius 1 is 0.286 bits per heavy atom. The first-order valence-corrected chi connectivity index (χ1v) is 31.3. The summed E-state index contributed by atoms with van der Waals surface area (Å²) in [4.78, 5) is 38.2. The van der Waals surface area contributed by atoms with Gasteiger partial charge in [-0.1, -0.05) is 302 Å². The summed E-state index contributed by atoms with van der Waals surface area (Å²) in [6.07, 6.45) is 70.4.